The molecule has 0 spiro atoms. The minimum Gasteiger partial charge on any atom is -0.385 e. The molecule has 140 valence electrons. The van der Waals surface area contributed by atoms with Gasteiger partial charge in [0.25, 0.3) is 0 Å². The second-order valence-corrected chi connectivity index (χ2v) is 8.59. The molecule has 4 N–H and O–H groups in total. The van der Waals surface area contributed by atoms with Gasteiger partial charge in [0.05, 0.1) is 5.25 Å². The molecule has 1 aromatic rings. The topological polar surface area (TPSA) is 97.9 Å². The van der Waals surface area contributed by atoms with E-state index in [9.17, 15) is 8.42 Å². The van der Waals surface area contributed by atoms with Gasteiger partial charge in [0, 0.05) is 31.4 Å². The van der Waals surface area contributed by atoms with Crippen molar-refractivity contribution in [3.63, 3.8) is 0 Å². The molecule has 8 nitrogen and oxygen atoms in total. The second kappa shape index (κ2) is 9.02. The van der Waals surface area contributed by atoms with Crippen molar-refractivity contribution in [2.24, 2.45) is 5.10 Å². The van der Waals surface area contributed by atoms with Gasteiger partial charge in [-0.3, -0.25) is 5.01 Å². The molecule has 0 aromatic heterocycles. The van der Waals surface area contributed by atoms with Gasteiger partial charge in [-0.2, -0.15) is 0 Å². The van der Waals surface area contributed by atoms with Gasteiger partial charge in [0.2, 0.25) is 10.0 Å². The van der Waals surface area contributed by atoms with Crippen LogP contribution in [0.1, 0.15) is 38.7 Å². The summed E-state index contributed by atoms with van der Waals surface area (Å²) in [5.41, 5.74) is 7.68. The normalized spacial score (nSPS) is 14.6. The SMILES string of the molecule is CC(C)S(=O)(=O)NCCCCCNc1ccc(C2=NNNN2C)cc1. The lowest BCUT2D eigenvalue weighted by atomic mass is 10.2. The summed E-state index contributed by atoms with van der Waals surface area (Å²) < 4.78 is 25.8. The number of hydrazine groups is 2. The summed E-state index contributed by atoms with van der Waals surface area (Å²) in [7, 11) is -1.24. The molecule has 0 saturated heterocycles. The molecule has 9 heteroatoms. The molecule has 25 heavy (non-hydrogen) atoms. The van der Waals surface area contributed by atoms with Crippen LogP contribution in [0.25, 0.3) is 0 Å². The summed E-state index contributed by atoms with van der Waals surface area (Å²) in [6, 6.07) is 8.10. The number of hydrogen-bond donors (Lipinski definition) is 4. The van der Waals surface area contributed by atoms with Gasteiger partial charge in [-0.05, 0) is 51.0 Å². The van der Waals surface area contributed by atoms with Crippen LogP contribution >= 0.6 is 0 Å². The van der Waals surface area contributed by atoms with Crippen molar-refractivity contribution < 1.29 is 8.42 Å². The number of anilines is 1. The summed E-state index contributed by atoms with van der Waals surface area (Å²) in [6.45, 7) is 4.73. The number of hydrogen-bond acceptors (Lipinski definition) is 7. The molecule has 0 fully saturated rings. The highest BCUT2D eigenvalue weighted by Crippen LogP contribution is 2.12. The molecule has 0 atom stereocenters. The van der Waals surface area contributed by atoms with Crippen molar-refractivity contribution in [2.75, 3.05) is 25.5 Å². The number of sulfonamides is 1. The summed E-state index contributed by atoms with van der Waals surface area (Å²) in [6.07, 6.45) is 2.82. The van der Waals surface area contributed by atoms with Crippen molar-refractivity contribution >= 4 is 21.5 Å². The van der Waals surface area contributed by atoms with E-state index in [2.05, 4.69) is 26.2 Å². The molecule has 1 aliphatic heterocycles. The van der Waals surface area contributed by atoms with Crippen LogP contribution in [0, 0.1) is 0 Å². The highest BCUT2D eigenvalue weighted by molar-refractivity contribution is 7.90. The monoisotopic (exact) mass is 368 g/mol. The smallest absolute Gasteiger partial charge is 0.213 e. The summed E-state index contributed by atoms with van der Waals surface area (Å²) in [4.78, 5) is 0. The Bertz CT molecular complexity index is 672. The van der Waals surface area contributed by atoms with Gasteiger partial charge >= 0.3 is 0 Å². The van der Waals surface area contributed by atoms with Gasteiger partial charge in [-0.1, -0.05) is 6.42 Å². The molecule has 1 heterocycles. The fourth-order valence-corrected chi connectivity index (χ4v) is 3.08. The maximum atomic E-state index is 11.6. The zero-order valence-corrected chi connectivity index (χ0v) is 15.9. The van der Waals surface area contributed by atoms with Crippen molar-refractivity contribution in [3.8, 4) is 0 Å². The number of hydrazone groups is 1. The van der Waals surface area contributed by atoms with Crippen molar-refractivity contribution in [1.82, 2.24) is 20.8 Å². The summed E-state index contributed by atoms with van der Waals surface area (Å²) >= 11 is 0. The van der Waals surface area contributed by atoms with Crippen LogP contribution in [-0.2, 0) is 10.0 Å². The molecule has 0 unspecified atom stereocenters. The first-order valence-electron chi connectivity index (χ1n) is 8.55. The predicted molar refractivity (Wildman–Crippen MR) is 101 cm³/mol. The number of amidine groups is 1. The Labute approximate surface area is 150 Å². The van der Waals surface area contributed by atoms with E-state index in [1.54, 1.807) is 13.8 Å². The van der Waals surface area contributed by atoms with Crippen molar-refractivity contribution in [3.05, 3.63) is 29.8 Å². The molecule has 1 aromatic carbocycles. The minimum absolute atomic E-state index is 0.376. The molecule has 0 amide bonds. The van der Waals surface area contributed by atoms with Crippen LogP contribution in [0.15, 0.2) is 29.4 Å². The first kappa shape index (κ1) is 19.5. The number of rotatable bonds is 10. The molecule has 0 bridgehead atoms. The zero-order chi connectivity index (χ0) is 18.3. The number of nitrogens with one attached hydrogen (secondary N) is 4. The zero-order valence-electron chi connectivity index (χ0n) is 15.0. The average molecular weight is 369 g/mol. The van der Waals surface area contributed by atoms with Crippen LogP contribution < -0.4 is 21.1 Å². The molecular formula is C16H28N6O2S. The average Bonchev–Trinajstić information content (AvgIpc) is 3.00. The van der Waals surface area contributed by atoms with E-state index in [0.717, 1.165) is 42.9 Å². The Morgan fingerprint density at radius 1 is 1.12 bits per heavy atom. The van der Waals surface area contributed by atoms with Gasteiger partial charge < -0.3 is 5.32 Å². The Hall–Kier alpha value is -1.84. The molecule has 0 aliphatic carbocycles. The molecule has 1 aliphatic rings. The first-order valence-corrected chi connectivity index (χ1v) is 10.1. The Balaban J connectivity index is 1.62. The van der Waals surface area contributed by atoms with E-state index >= 15 is 0 Å². The minimum atomic E-state index is -3.14. The van der Waals surface area contributed by atoms with E-state index in [1.165, 1.54) is 0 Å². The van der Waals surface area contributed by atoms with Gasteiger partial charge in [-0.15, -0.1) is 10.6 Å². The Morgan fingerprint density at radius 2 is 1.80 bits per heavy atom. The van der Waals surface area contributed by atoms with E-state index in [-0.39, 0.29) is 5.25 Å². The third-order valence-electron chi connectivity index (χ3n) is 3.95. The highest BCUT2D eigenvalue weighted by Gasteiger charge is 2.14. The number of benzene rings is 1. The van der Waals surface area contributed by atoms with E-state index in [0.29, 0.717) is 6.54 Å². The van der Waals surface area contributed by atoms with Gasteiger partial charge in [-0.25, -0.2) is 18.7 Å². The fourth-order valence-electron chi connectivity index (χ4n) is 2.32. The Kier molecular flexibility index (Phi) is 7.03. The van der Waals surface area contributed by atoms with Gasteiger partial charge in [0.1, 0.15) is 0 Å². The molecule has 0 radical (unpaired) electrons. The standard InChI is InChI=1S/C16H28N6O2S/c1-13(2)25(23,24)18-12-6-4-5-11-17-15-9-7-14(8-10-15)16-19-20-21-22(16)3/h7-10,13,17-18,20-21H,4-6,11-12H2,1-3H3. The summed E-state index contributed by atoms with van der Waals surface area (Å²) in [5.74, 6) is 0.843. The largest absolute Gasteiger partial charge is 0.385 e. The third kappa shape index (κ3) is 5.87. The Morgan fingerprint density at radius 3 is 2.40 bits per heavy atom. The molecule has 2 rings (SSSR count). The van der Waals surface area contributed by atoms with E-state index in [1.807, 2.05) is 36.3 Å². The molecule has 0 saturated carbocycles. The summed E-state index contributed by atoms with van der Waals surface area (Å²) in [5, 5.41) is 8.98. The maximum absolute atomic E-state index is 11.6. The number of nitrogens with zero attached hydrogens (tertiary/aromatic N) is 2. The number of unbranched alkanes of at least 4 members (excludes halogenated alkanes) is 2. The molecular weight excluding hydrogens is 340 g/mol. The van der Waals surface area contributed by atoms with Crippen LogP contribution in [0.3, 0.4) is 0 Å². The van der Waals surface area contributed by atoms with Gasteiger partial charge in [0.15, 0.2) is 5.84 Å². The first-order chi connectivity index (χ1) is 11.9. The van der Waals surface area contributed by atoms with Crippen molar-refractivity contribution in [1.29, 1.82) is 0 Å². The van der Waals surface area contributed by atoms with Crippen LogP contribution in [-0.4, -0.2) is 44.6 Å². The maximum Gasteiger partial charge on any atom is 0.213 e. The van der Waals surface area contributed by atoms with Crippen LogP contribution in [0.2, 0.25) is 0 Å². The van der Waals surface area contributed by atoms with E-state index < -0.39 is 10.0 Å². The quantitative estimate of drug-likeness (QED) is 0.464. The predicted octanol–water partition coefficient (Wildman–Crippen LogP) is 1.21. The van der Waals surface area contributed by atoms with Crippen molar-refractivity contribution in [2.45, 2.75) is 38.4 Å². The second-order valence-electron chi connectivity index (χ2n) is 6.27. The highest BCUT2D eigenvalue weighted by atomic mass is 32.2. The lowest BCUT2D eigenvalue weighted by Gasteiger charge is -2.13. The van der Waals surface area contributed by atoms with Crippen LogP contribution in [0.4, 0.5) is 5.69 Å². The van der Waals surface area contributed by atoms with Crippen LogP contribution in [0.5, 0.6) is 0 Å². The lowest BCUT2D eigenvalue weighted by Crippen LogP contribution is -2.37. The van der Waals surface area contributed by atoms with E-state index in [4.69, 9.17) is 0 Å². The third-order valence-corrected chi connectivity index (χ3v) is 5.79. The fraction of sp³-hybridized carbons (Fsp3) is 0.562. The lowest BCUT2D eigenvalue weighted by molar-refractivity contribution is 0.349.